The van der Waals surface area contributed by atoms with E-state index in [0.29, 0.717) is 16.7 Å². The molecule has 1 N–H and O–H groups in total. The predicted octanol–water partition coefficient (Wildman–Crippen LogP) is 3.85. The molecule has 1 amide bonds. The molecule has 0 radical (unpaired) electrons. The number of anilines is 2. The Morgan fingerprint density at radius 3 is 2.92 bits per heavy atom. The number of hydrogen-bond donors (Lipinski definition) is 1. The van der Waals surface area contributed by atoms with Crippen LogP contribution in [0.4, 0.5) is 16.5 Å². The first kappa shape index (κ1) is 17.3. The van der Waals surface area contributed by atoms with Crippen LogP contribution >= 0.6 is 11.3 Å². The number of carbonyl (C=O) groups is 1. The van der Waals surface area contributed by atoms with Gasteiger partial charge in [-0.2, -0.15) is 0 Å². The van der Waals surface area contributed by atoms with Crippen LogP contribution < -0.4 is 10.2 Å². The molecular formula is C17H20N4O3S. The Balaban J connectivity index is 1.85. The van der Waals surface area contributed by atoms with Gasteiger partial charge in [0.15, 0.2) is 5.13 Å². The van der Waals surface area contributed by atoms with Gasteiger partial charge in [0.25, 0.3) is 11.6 Å². The Morgan fingerprint density at radius 2 is 2.28 bits per heavy atom. The molecule has 2 heterocycles. The van der Waals surface area contributed by atoms with Crippen LogP contribution in [0.25, 0.3) is 0 Å². The third-order valence-electron chi connectivity index (χ3n) is 4.27. The largest absolute Gasteiger partial charge is 0.366 e. The summed E-state index contributed by atoms with van der Waals surface area (Å²) in [5, 5.41) is 14.7. The highest BCUT2D eigenvalue weighted by molar-refractivity contribution is 7.15. The standard InChI is InChI=1S/C17H20N4O3S/c1-11-4-3-7-20(10-11)14-6-5-13(8-15(14)21(23)24)16(22)19-17-18-9-12(2)25-17/h5-6,8-9,11H,3-4,7,10H2,1-2H3,(H,18,19,22). The lowest BCUT2D eigenvalue weighted by Gasteiger charge is -2.32. The number of piperidine rings is 1. The summed E-state index contributed by atoms with van der Waals surface area (Å²) >= 11 is 1.36. The highest BCUT2D eigenvalue weighted by Gasteiger charge is 2.25. The van der Waals surface area contributed by atoms with Crippen molar-refractivity contribution < 1.29 is 9.72 Å². The second-order valence-corrected chi connectivity index (χ2v) is 7.62. The van der Waals surface area contributed by atoms with E-state index < -0.39 is 10.8 Å². The van der Waals surface area contributed by atoms with Gasteiger partial charge in [-0.15, -0.1) is 11.3 Å². The minimum atomic E-state index is -0.418. The number of nitro benzene ring substituents is 1. The summed E-state index contributed by atoms with van der Waals surface area (Å²) in [7, 11) is 0. The monoisotopic (exact) mass is 360 g/mol. The fourth-order valence-electron chi connectivity index (χ4n) is 3.07. The van der Waals surface area contributed by atoms with Crippen molar-refractivity contribution in [1.82, 2.24) is 4.98 Å². The Kier molecular flexibility index (Phi) is 4.98. The van der Waals surface area contributed by atoms with Gasteiger partial charge in [-0.1, -0.05) is 6.92 Å². The number of aryl methyl sites for hydroxylation is 1. The first-order chi connectivity index (χ1) is 11.9. The molecule has 7 nitrogen and oxygen atoms in total. The summed E-state index contributed by atoms with van der Waals surface area (Å²) in [6.45, 7) is 5.64. The van der Waals surface area contributed by atoms with E-state index in [4.69, 9.17) is 0 Å². The molecule has 2 aromatic rings. The van der Waals surface area contributed by atoms with E-state index in [2.05, 4.69) is 17.2 Å². The van der Waals surface area contributed by atoms with Crippen molar-refractivity contribution in [2.45, 2.75) is 26.7 Å². The van der Waals surface area contributed by atoms with Crippen LogP contribution in [0.1, 0.15) is 35.0 Å². The average Bonchev–Trinajstić information content (AvgIpc) is 2.99. The van der Waals surface area contributed by atoms with Gasteiger partial charge in [0.2, 0.25) is 0 Å². The number of nitro groups is 1. The number of aromatic nitrogens is 1. The zero-order valence-electron chi connectivity index (χ0n) is 14.2. The van der Waals surface area contributed by atoms with E-state index in [1.165, 1.54) is 17.4 Å². The summed E-state index contributed by atoms with van der Waals surface area (Å²) < 4.78 is 0. The molecule has 1 fully saturated rings. The van der Waals surface area contributed by atoms with Gasteiger partial charge in [0, 0.05) is 35.8 Å². The van der Waals surface area contributed by atoms with E-state index in [9.17, 15) is 14.9 Å². The van der Waals surface area contributed by atoms with Crippen molar-refractivity contribution >= 4 is 33.8 Å². The van der Waals surface area contributed by atoms with Crippen LogP contribution in [0.2, 0.25) is 0 Å². The van der Waals surface area contributed by atoms with Gasteiger partial charge in [-0.25, -0.2) is 4.98 Å². The first-order valence-corrected chi connectivity index (χ1v) is 9.03. The molecule has 0 bridgehead atoms. The van der Waals surface area contributed by atoms with Crippen molar-refractivity contribution in [2.75, 3.05) is 23.3 Å². The maximum Gasteiger partial charge on any atom is 0.293 e. The van der Waals surface area contributed by atoms with Gasteiger partial charge >= 0.3 is 0 Å². The van der Waals surface area contributed by atoms with Gasteiger partial charge in [0.05, 0.1) is 4.92 Å². The smallest absolute Gasteiger partial charge is 0.293 e. The lowest BCUT2D eigenvalue weighted by molar-refractivity contribution is -0.384. The van der Waals surface area contributed by atoms with Crippen LogP contribution in [0.3, 0.4) is 0 Å². The Labute approximate surface area is 149 Å². The second-order valence-electron chi connectivity index (χ2n) is 6.38. The Morgan fingerprint density at radius 1 is 1.48 bits per heavy atom. The summed E-state index contributed by atoms with van der Waals surface area (Å²) in [6, 6.07) is 4.67. The first-order valence-electron chi connectivity index (χ1n) is 8.21. The number of nitrogens with zero attached hydrogens (tertiary/aromatic N) is 3. The number of carbonyl (C=O) groups excluding carboxylic acids is 1. The van der Waals surface area contributed by atoms with E-state index in [0.717, 1.165) is 30.8 Å². The molecule has 0 saturated carbocycles. The molecule has 1 aromatic carbocycles. The number of benzene rings is 1. The molecule has 1 aliphatic rings. The highest BCUT2D eigenvalue weighted by Crippen LogP contribution is 2.32. The third kappa shape index (κ3) is 3.96. The highest BCUT2D eigenvalue weighted by atomic mass is 32.1. The lowest BCUT2D eigenvalue weighted by Crippen LogP contribution is -2.34. The van der Waals surface area contributed by atoms with Crippen LogP contribution in [0, 0.1) is 23.0 Å². The predicted molar refractivity (Wildman–Crippen MR) is 98.5 cm³/mol. The molecule has 8 heteroatoms. The molecule has 1 saturated heterocycles. The number of nitrogens with one attached hydrogen (secondary N) is 1. The number of amides is 1. The molecule has 25 heavy (non-hydrogen) atoms. The molecule has 132 valence electrons. The molecule has 1 atom stereocenters. The van der Waals surface area contributed by atoms with Crippen molar-refractivity contribution in [3.63, 3.8) is 0 Å². The summed E-state index contributed by atoms with van der Waals surface area (Å²) in [5.74, 6) is 0.112. The van der Waals surface area contributed by atoms with E-state index in [1.807, 2.05) is 11.8 Å². The topological polar surface area (TPSA) is 88.4 Å². The molecule has 0 spiro atoms. The maximum absolute atomic E-state index is 12.4. The van der Waals surface area contributed by atoms with Crippen molar-refractivity contribution in [3.05, 3.63) is 45.0 Å². The van der Waals surface area contributed by atoms with Gasteiger partial charge < -0.3 is 4.90 Å². The van der Waals surface area contributed by atoms with Crippen molar-refractivity contribution in [3.8, 4) is 0 Å². The quantitative estimate of drug-likeness (QED) is 0.661. The average molecular weight is 360 g/mol. The summed E-state index contributed by atoms with van der Waals surface area (Å²) in [4.78, 5) is 30.6. The normalized spacial score (nSPS) is 17.4. The van der Waals surface area contributed by atoms with E-state index in [-0.39, 0.29) is 11.3 Å². The van der Waals surface area contributed by atoms with Crippen molar-refractivity contribution in [2.24, 2.45) is 5.92 Å². The fourth-order valence-corrected chi connectivity index (χ4v) is 3.73. The molecule has 3 rings (SSSR count). The van der Waals surface area contributed by atoms with Crippen molar-refractivity contribution in [1.29, 1.82) is 0 Å². The molecule has 1 aliphatic heterocycles. The van der Waals surface area contributed by atoms with Gasteiger partial charge in [0.1, 0.15) is 5.69 Å². The number of thiazole rings is 1. The zero-order chi connectivity index (χ0) is 18.0. The van der Waals surface area contributed by atoms with Gasteiger partial charge in [-0.05, 0) is 37.8 Å². The Hall–Kier alpha value is -2.48. The molecule has 1 unspecified atom stereocenters. The number of hydrogen-bond acceptors (Lipinski definition) is 6. The van der Waals surface area contributed by atoms with Crippen LogP contribution in [-0.2, 0) is 0 Å². The SMILES string of the molecule is Cc1cnc(NC(=O)c2ccc(N3CCCC(C)C3)c([N+](=O)[O-])c2)s1. The minimum absolute atomic E-state index is 0.0305. The van der Waals surface area contributed by atoms with E-state index in [1.54, 1.807) is 18.3 Å². The minimum Gasteiger partial charge on any atom is -0.366 e. The number of rotatable bonds is 4. The van der Waals surface area contributed by atoms with Crippen LogP contribution in [0.5, 0.6) is 0 Å². The van der Waals surface area contributed by atoms with Crippen LogP contribution in [0.15, 0.2) is 24.4 Å². The molecule has 0 aliphatic carbocycles. The van der Waals surface area contributed by atoms with E-state index >= 15 is 0 Å². The summed E-state index contributed by atoms with van der Waals surface area (Å²) in [5.41, 5.74) is 0.809. The molecule has 1 aromatic heterocycles. The fraction of sp³-hybridized carbons (Fsp3) is 0.412. The lowest BCUT2D eigenvalue weighted by atomic mass is 9.99. The summed E-state index contributed by atoms with van der Waals surface area (Å²) in [6.07, 6.45) is 3.82. The van der Waals surface area contributed by atoms with Gasteiger partial charge in [-0.3, -0.25) is 20.2 Å². The third-order valence-corrected chi connectivity index (χ3v) is 5.10. The van der Waals surface area contributed by atoms with Crippen LogP contribution in [-0.4, -0.2) is 28.9 Å². The zero-order valence-corrected chi connectivity index (χ0v) is 15.0. The molecular weight excluding hydrogens is 340 g/mol. The maximum atomic E-state index is 12.4. The second kappa shape index (κ2) is 7.18. The Bertz CT molecular complexity index is 805.